The Hall–Kier alpha value is -0.630. The van der Waals surface area contributed by atoms with Gasteiger partial charge in [-0.3, -0.25) is 4.72 Å². The molecule has 1 aromatic rings. The van der Waals surface area contributed by atoms with Crippen molar-refractivity contribution < 1.29 is 8.42 Å². The topological polar surface area (TPSA) is 61.4 Å². The number of anilines is 1. The number of nitrogens with one attached hydrogen (secondary N) is 2. The van der Waals surface area contributed by atoms with Crippen LogP contribution in [-0.4, -0.2) is 39.4 Å². The maximum Gasteiger partial charge on any atom is 0.301 e. The molecule has 1 fully saturated rings. The Labute approximate surface area is 129 Å². The predicted molar refractivity (Wildman–Crippen MR) is 84.9 cm³/mol. The zero-order valence-corrected chi connectivity index (χ0v) is 13.9. The summed E-state index contributed by atoms with van der Waals surface area (Å²) in [6.45, 7) is 2.12. The number of halogens is 1. The highest BCUT2D eigenvalue weighted by atomic mass is 79.9. The Morgan fingerprint density at radius 1 is 1.25 bits per heavy atom. The van der Waals surface area contributed by atoms with Crippen LogP contribution in [0.3, 0.4) is 0 Å². The number of rotatable bonds is 5. The molecule has 20 heavy (non-hydrogen) atoms. The molecular weight excluding hydrogens is 342 g/mol. The Morgan fingerprint density at radius 3 is 2.40 bits per heavy atom. The van der Waals surface area contributed by atoms with E-state index in [1.54, 1.807) is 12.1 Å². The van der Waals surface area contributed by atoms with Crippen LogP contribution in [0.1, 0.15) is 12.8 Å². The fourth-order valence-corrected chi connectivity index (χ4v) is 3.89. The monoisotopic (exact) mass is 361 g/mol. The number of hydrogen-bond acceptors (Lipinski definition) is 3. The standard InChI is InChI=1S/C13H20BrN3O2S/c1-15-10-11-6-8-17(9-7-11)20(18,19)16-13-4-2-12(14)3-5-13/h2-5,11,15-16H,6-10H2,1H3. The highest BCUT2D eigenvalue weighted by Crippen LogP contribution is 2.21. The fraction of sp³-hybridized carbons (Fsp3) is 0.538. The number of piperidine rings is 1. The van der Waals surface area contributed by atoms with Gasteiger partial charge in [0.2, 0.25) is 0 Å². The third-order valence-electron chi connectivity index (χ3n) is 3.50. The van der Waals surface area contributed by atoms with Crippen LogP contribution < -0.4 is 10.0 Å². The van der Waals surface area contributed by atoms with E-state index in [1.807, 2.05) is 19.2 Å². The van der Waals surface area contributed by atoms with E-state index in [0.29, 0.717) is 24.7 Å². The highest BCUT2D eigenvalue weighted by Gasteiger charge is 2.27. The van der Waals surface area contributed by atoms with Crippen LogP contribution in [0.25, 0.3) is 0 Å². The van der Waals surface area contributed by atoms with E-state index < -0.39 is 10.2 Å². The predicted octanol–water partition coefficient (Wildman–Crippen LogP) is 2.04. The summed E-state index contributed by atoms with van der Waals surface area (Å²) in [5.74, 6) is 0.569. The summed E-state index contributed by atoms with van der Waals surface area (Å²) in [6, 6.07) is 7.12. The molecule has 2 rings (SSSR count). The van der Waals surface area contributed by atoms with Crippen LogP contribution in [0.4, 0.5) is 5.69 Å². The van der Waals surface area contributed by atoms with Gasteiger partial charge in [0.1, 0.15) is 0 Å². The first-order valence-corrected chi connectivity index (χ1v) is 8.92. The fourth-order valence-electron chi connectivity index (χ4n) is 2.37. The van der Waals surface area contributed by atoms with Gasteiger partial charge in [-0.1, -0.05) is 15.9 Å². The van der Waals surface area contributed by atoms with Crippen LogP contribution in [0, 0.1) is 5.92 Å². The van der Waals surface area contributed by atoms with Crippen molar-refractivity contribution in [2.45, 2.75) is 12.8 Å². The van der Waals surface area contributed by atoms with E-state index in [-0.39, 0.29) is 0 Å². The van der Waals surface area contributed by atoms with E-state index in [4.69, 9.17) is 0 Å². The normalized spacial score (nSPS) is 18.1. The molecule has 0 radical (unpaired) electrons. The highest BCUT2D eigenvalue weighted by molar-refractivity contribution is 9.10. The second-order valence-corrected chi connectivity index (χ2v) is 7.60. The summed E-state index contributed by atoms with van der Waals surface area (Å²) in [4.78, 5) is 0. The zero-order valence-electron chi connectivity index (χ0n) is 11.5. The third-order valence-corrected chi connectivity index (χ3v) is 5.56. The molecule has 5 nitrogen and oxygen atoms in total. The largest absolute Gasteiger partial charge is 0.319 e. The first-order valence-electron chi connectivity index (χ1n) is 6.69. The Balaban J connectivity index is 1.96. The second kappa shape index (κ2) is 6.89. The van der Waals surface area contributed by atoms with Crippen LogP contribution in [0.5, 0.6) is 0 Å². The van der Waals surface area contributed by atoms with Crippen molar-refractivity contribution in [2.75, 3.05) is 31.4 Å². The Morgan fingerprint density at radius 2 is 1.85 bits per heavy atom. The van der Waals surface area contributed by atoms with Crippen molar-refractivity contribution in [1.29, 1.82) is 0 Å². The van der Waals surface area contributed by atoms with Gasteiger partial charge < -0.3 is 5.32 Å². The van der Waals surface area contributed by atoms with Gasteiger partial charge in [0, 0.05) is 23.2 Å². The minimum absolute atomic E-state index is 0.569. The van der Waals surface area contributed by atoms with Crippen molar-refractivity contribution in [3.8, 4) is 0 Å². The molecule has 1 saturated heterocycles. The summed E-state index contributed by atoms with van der Waals surface area (Å²) in [5, 5.41) is 3.15. The molecule has 0 saturated carbocycles. The minimum Gasteiger partial charge on any atom is -0.319 e. The summed E-state index contributed by atoms with van der Waals surface area (Å²) in [6.07, 6.45) is 1.81. The molecule has 0 spiro atoms. The average Bonchev–Trinajstić information content (AvgIpc) is 2.42. The van der Waals surface area contributed by atoms with Crippen molar-refractivity contribution in [3.63, 3.8) is 0 Å². The van der Waals surface area contributed by atoms with Gasteiger partial charge in [-0.15, -0.1) is 0 Å². The van der Waals surface area contributed by atoms with Gasteiger partial charge in [-0.05, 0) is 56.6 Å². The van der Waals surface area contributed by atoms with Gasteiger partial charge in [0.25, 0.3) is 0 Å². The molecule has 0 aromatic heterocycles. The van der Waals surface area contributed by atoms with Crippen LogP contribution >= 0.6 is 15.9 Å². The lowest BCUT2D eigenvalue weighted by Gasteiger charge is -2.31. The third kappa shape index (κ3) is 4.18. The quantitative estimate of drug-likeness (QED) is 0.843. The molecule has 0 atom stereocenters. The van der Waals surface area contributed by atoms with E-state index in [2.05, 4.69) is 26.0 Å². The van der Waals surface area contributed by atoms with Crippen LogP contribution in [0.2, 0.25) is 0 Å². The van der Waals surface area contributed by atoms with Crippen molar-refractivity contribution in [1.82, 2.24) is 9.62 Å². The molecule has 0 unspecified atom stereocenters. The molecule has 1 aromatic carbocycles. The molecule has 1 heterocycles. The van der Waals surface area contributed by atoms with E-state index in [0.717, 1.165) is 23.9 Å². The Kier molecular flexibility index (Phi) is 5.42. The lowest BCUT2D eigenvalue weighted by molar-refractivity contribution is 0.272. The molecule has 7 heteroatoms. The van der Waals surface area contributed by atoms with Gasteiger partial charge >= 0.3 is 10.2 Å². The molecule has 1 aliphatic rings. The van der Waals surface area contributed by atoms with Gasteiger partial charge in [-0.2, -0.15) is 12.7 Å². The number of nitrogens with zero attached hydrogens (tertiary/aromatic N) is 1. The summed E-state index contributed by atoms with van der Waals surface area (Å²) in [5.41, 5.74) is 0.588. The smallest absolute Gasteiger partial charge is 0.301 e. The van der Waals surface area contributed by atoms with Crippen LogP contribution in [0.15, 0.2) is 28.7 Å². The summed E-state index contributed by atoms with van der Waals surface area (Å²) < 4.78 is 29.7. The maximum atomic E-state index is 12.3. The first-order chi connectivity index (χ1) is 9.51. The molecule has 112 valence electrons. The minimum atomic E-state index is -3.44. The average molecular weight is 362 g/mol. The van der Waals surface area contributed by atoms with Crippen molar-refractivity contribution in [2.24, 2.45) is 5.92 Å². The lowest BCUT2D eigenvalue weighted by atomic mass is 9.98. The number of benzene rings is 1. The zero-order chi connectivity index (χ0) is 14.6. The molecule has 0 aliphatic carbocycles. The Bertz CT molecular complexity index is 525. The lowest BCUT2D eigenvalue weighted by Crippen LogP contribution is -2.43. The van der Waals surface area contributed by atoms with Crippen LogP contribution in [-0.2, 0) is 10.2 Å². The summed E-state index contributed by atoms with van der Waals surface area (Å²) >= 11 is 3.33. The molecule has 2 N–H and O–H groups in total. The van der Waals surface area contributed by atoms with E-state index >= 15 is 0 Å². The van der Waals surface area contributed by atoms with Gasteiger partial charge in [-0.25, -0.2) is 0 Å². The van der Waals surface area contributed by atoms with Crippen molar-refractivity contribution in [3.05, 3.63) is 28.7 Å². The summed E-state index contributed by atoms with van der Waals surface area (Å²) in [7, 11) is -1.51. The number of hydrogen-bond donors (Lipinski definition) is 2. The maximum absolute atomic E-state index is 12.3. The van der Waals surface area contributed by atoms with Gasteiger partial charge in [0.15, 0.2) is 0 Å². The second-order valence-electron chi connectivity index (χ2n) is 5.01. The molecule has 0 bridgehead atoms. The van der Waals surface area contributed by atoms with E-state index in [1.165, 1.54) is 4.31 Å². The molecule has 0 amide bonds. The van der Waals surface area contributed by atoms with Gasteiger partial charge in [0.05, 0.1) is 0 Å². The molecule has 1 aliphatic heterocycles. The van der Waals surface area contributed by atoms with Crippen molar-refractivity contribution >= 4 is 31.8 Å². The SMILES string of the molecule is CNCC1CCN(S(=O)(=O)Nc2ccc(Br)cc2)CC1. The first kappa shape index (κ1) is 15.8. The molecular formula is C13H20BrN3O2S. The van der Waals surface area contributed by atoms with E-state index in [9.17, 15) is 8.42 Å².